The molecule has 1 aromatic heterocycles. The Morgan fingerprint density at radius 1 is 1.42 bits per heavy atom. The van der Waals surface area contributed by atoms with Gasteiger partial charge in [0, 0.05) is 31.2 Å². The van der Waals surface area contributed by atoms with Crippen molar-refractivity contribution in [1.29, 1.82) is 0 Å². The fourth-order valence-electron chi connectivity index (χ4n) is 2.56. The summed E-state index contributed by atoms with van der Waals surface area (Å²) < 4.78 is 0. The highest BCUT2D eigenvalue weighted by Gasteiger charge is 2.32. The summed E-state index contributed by atoms with van der Waals surface area (Å²) in [4.78, 5) is 18.3. The lowest BCUT2D eigenvalue weighted by Crippen LogP contribution is -2.48. The number of hydrogen-bond donors (Lipinski definition) is 1. The van der Waals surface area contributed by atoms with Gasteiger partial charge in [-0.15, -0.1) is 0 Å². The largest absolute Gasteiger partial charge is 0.353 e. The zero-order valence-corrected chi connectivity index (χ0v) is 11.6. The van der Waals surface area contributed by atoms with Gasteiger partial charge in [0.05, 0.1) is 5.02 Å². The van der Waals surface area contributed by atoms with Crippen LogP contribution >= 0.6 is 11.6 Å². The van der Waals surface area contributed by atoms with Crippen LogP contribution in [0.5, 0.6) is 0 Å². The number of nitrogens with one attached hydrogen (secondary N) is 1. The summed E-state index contributed by atoms with van der Waals surface area (Å²) in [7, 11) is 0. The number of halogens is 1. The van der Waals surface area contributed by atoms with E-state index in [4.69, 9.17) is 11.6 Å². The molecule has 1 atom stereocenters. The monoisotopic (exact) mass is 279 g/mol. The lowest BCUT2D eigenvalue weighted by molar-refractivity contribution is -0.123. The van der Waals surface area contributed by atoms with E-state index < -0.39 is 0 Å². The summed E-state index contributed by atoms with van der Waals surface area (Å²) in [5, 5.41) is 3.83. The van der Waals surface area contributed by atoms with Gasteiger partial charge in [0.25, 0.3) is 0 Å². The number of anilines is 1. The van der Waals surface area contributed by atoms with Crippen molar-refractivity contribution < 1.29 is 4.79 Å². The van der Waals surface area contributed by atoms with Crippen molar-refractivity contribution in [1.82, 2.24) is 10.3 Å². The Bertz CT molecular complexity index is 476. The van der Waals surface area contributed by atoms with Crippen LogP contribution in [0.1, 0.15) is 25.7 Å². The van der Waals surface area contributed by atoms with Crippen molar-refractivity contribution in [3.05, 3.63) is 23.4 Å². The summed E-state index contributed by atoms with van der Waals surface area (Å²) >= 11 is 6.18. The maximum Gasteiger partial charge on any atom is 0.223 e. The first-order chi connectivity index (χ1) is 9.24. The molecule has 1 saturated carbocycles. The molecule has 1 aliphatic carbocycles. The van der Waals surface area contributed by atoms with Crippen LogP contribution in [0.25, 0.3) is 0 Å². The maximum atomic E-state index is 11.8. The van der Waals surface area contributed by atoms with E-state index in [0.717, 1.165) is 44.6 Å². The summed E-state index contributed by atoms with van der Waals surface area (Å²) in [5.41, 5.74) is 0. The lowest BCUT2D eigenvalue weighted by Gasteiger charge is -2.34. The highest BCUT2D eigenvalue weighted by Crippen LogP contribution is 2.30. The molecule has 0 spiro atoms. The van der Waals surface area contributed by atoms with Crippen molar-refractivity contribution >= 4 is 23.3 Å². The standard InChI is InChI=1S/C14H18ClN3O/c15-12-4-1-7-16-13(12)18-8-2-3-11(9-18)17-14(19)10-5-6-10/h1,4,7,10-11H,2-3,5-6,8-9H2,(H,17,19). The third-order valence-corrected chi connectivity index (χ3v) is 4.05. The quantitative estimate of drug-likeness (QED) is 0.923. The van der Waals surface area contributed by atoms with Crippen molar-refractivity contribution in [2.75, 3.05) is 18.0 Å². The Kier molecular flexibility index (Phi) is 3.60. The average Bonchev–Trinajstić information content (AvgIpc) is 3.24. The van der Waals surface area contributed by atoms with Gasteiger partial charge >= 0.3 is 0 Å². The number of hydrogen-bond acceptors (Lipinski definition) is 3. The lowest BCUT2D eigenvalue weighted by atomic mass is 10.1. The molecule has 0 aromatic carbocycles. The molecule has 1 aliphatic heterocycles. The Morgan fingerprint density at radius 2 is 2.26 bits per heavy atom. The van der Waals surface area contributed by atoms with E-state index in [2.05, 4.69) is 15.2 Å². The predicted molar refractivity (Wildman–Crippen MR) is 75.3 cm³/mol. The van der Waals surface area contributed by atoms with Gasteiger partial charge in [-0.05, 0) is 37.8 Å². The number of rotatable bonds is 3. The number of amides is 1. The molecule has 1 amide bonds. The van der Waals surface area contributed by atoms with Crippen LogP contribution in [-0.4, -0.2) is 30.0 Å². The van der Waals surface area contributed by atoms with Crippen molar-refractivity contribution in [2.24, 2.45) is 5.92 Å². The maximum absolute atomic E-state index is 11.8. The normalized spacial score (nSPS) is 23.2. The Labute approximate surface area is 118 Å². The summed E-state index contributed by atoms with van der Waals surface area (Å²) in [6, 6.07) is 3.92. The number of carbonyl (C=O) groups excluding carboxylic acids is 1. The number of carbonyl (C=O) groups is 1. The Hall–Kier alpha value is -1.29. The molecule has 2 heterocycles. The number of aromatic nitrogens is 1. The molecule has 2 aliphatic rings. The summed E-state index contributed by atoms with van der Waals surface area (Å²) in [6.07, 6.45) is 5.96. The van der Waals surface area contributed by atoms with E-state index in [0.29, 0.717) is 5.02 Å². The molecular formula is C14H18ClN3O. The van der Waals surface area contributed by atoms with E-state index in [1.165, 1.54) is 0 Å². The highest BCUT2D eigenvalue weighted by atomic mass is 35.5. The molecule has 1 unspecified atom stereocenters. The van der Waals surface area contributed by atoms with Crippen LogP contribution < -0.4 is 10.2 Å². The van der Waals surface area contributed by atoms with E-state index in [9.17, 15) is 4.79 Å². The van der Waals surface area contributed by atoms with E-state index in [-0.39, 0.29) is 17.9 Å². The van der Waals surface area contributed by atoms with E-state index in [1.807, 2.05) is 12.1 Å². The van der Waals surface area contributed by atoms with Gasteiger partial charge < -0.3 is 10.2 Å². The summed E-state index contributed by atoms with van der Waals surface area (Å²) in [6.45, 7) is 1.75. The molecule has 4 nitrogen and oxygen atoms in total. The van der Waals surface area contributed by atoms with Crippen LogP contribution in [0.2, 0.25) is 5.02 Å². The summed E-state index contributed by atoms with van der Waals surface area (Å²) in [5.74, 6) is 1.32. The van der Waals surface area contributed by atoms with E-state index >= 15 is 0 Å². The molecule has 0 radical (unpaired) electrons. The van der Waals surface area contributed by atoms with Gasteiger partial charge in [-0.25, -0.2) is 4.98 Å². The first kappa shape index (κ1) is 12.7. The Morgan fingerprint density at radius 3 is 3.00 bits per heavy atom. The Balaban J connectivity index is 1.64. The van der Waals surface area contributed by atoms with Crippen molar-refractivity contribution in [3.8, 4) is 0 Å². The van der Waals surface area contributed by atoms with Crippen LogP contribution in [0.15, 0.2) is 18.3 Å². The molecule has 102 valence electrons. The highest BCUT2D eigenvalue weighted by molar-refractivity contribution is 6.32. The van der Waals surface area contributed by atoms with Gasteiger partial charge in [-0.1, -0.05) is 11.6 Å². The molecular weight excluding hydrogens is 262 g/mol. The fourth-order valence-corrected chi connectivity index (χ4v) is 2.80. The second-order valence-corrected chi connectivity index (χ2v) is 5.78. The molecule has 1 N–H and O–H groups in total. The minimum atomic E-state index is 0.221. The SMILES string of the molecule is O=C(NC1CCCN(c2ncccc2Cl)C1)C1CC1. The first-order valence-corrected chi connectivity index (χ1v) is 7.27. The van der Waals surface area contributed by atoms with Crippen molar-refractivity contribution in [2.45, 2.75) is 31.7 Å². The van der Waals surface area contributed by atoms with E-state index in [1.54, 1.807) is 6.20 Å². The van der Waals surface area contributed by atoms with Crippen LogP contribution in [-0.2, 0) is 4.79 Å². The molecule has 0 bridgehead atoms. The van der Waals surface area contributed by atoms with Crippen LogP contribution in [0.3, 0.4) is 0 Å². The second kappa shape index (κ2) is 5.37. The minimum Gasteiger partial charge on any atom is -0.353 e. The topological polar surface area (TPSA) is 45.2 Å². The number of piperidine rings is 1. The minimum absolute atomic E-state index is 0.221. The molecule has 1 aromatic rings. The van der Waals surface area contributed by atoms with Crippen LogP contribution in [0.4, 0.5) is 5.82 Å². The average molecular weight is 280 g/mol. The number of nitrogens with zero attached hydrogens (tertiary/aromatic N) is 2. The molecule has 19 heavy (non-hydrogen) atoms. The van der Waals surface area contributed by atoms with Gasteiger partial charge in [-0.2, -0.15) is 0 Å². The zero-order chi connectivity index (χ0) is 13.2. The fraction of sp³-hybridized carbons (Fsp3) is 0.571. The molecule has 1 saturated heterocycles. The van der Waals surface area contributed by atoms with Gasteiger partial charge in [0.1, 0.15) is 5.82 Å². The predicted octanol–water partition coefficient (Wildman–Crippen LogP) is 2.23. The van der Waals surface area contributed by atoms with Crippen molar-refractivity contribution in [3.63, 3.8) is 0 Å². The third-order valence-electron chi connectivity index (χ3n) is 3.75. The second-order valence-electron chi connectivity index (χ2n) is 5.38. The molecule has 5 heteroatoms. The first-order valence-electron chi connectivity index (χ1n) is 6.90. The number of pyridine rings is 1. The van der Waals surface area contributed by atoms with Gasteiger partial charge in [0.15, 0.2) is 0 Å². The van der Waals surface area contributed by atoms with Crippen LogP contribution in [0, 0.1) is 5.92 Å². The van der Waals surface area contributed by atoms with Gasteiger partial charge in [0.2, 0.25) is 5.91 Å². The molecule has 2 fully saturated rings. The third kappa shape index (κ3) is 3.00. The molecule has 3 rings (SSSR count). The van der Waals surface area contributed by atoms with Gasteiger partial charge in [-0.3, -0.25) is 4.79 Å². The zero-order valence-electron chi connectivity index (χ0n) is 10.8. The smallest absolute Gasteiger partial charge is 0.223 e.